The van der Waals surface area contributed by atoms with Crippen molar-refractivity contribution in [3.63, 3.8) is 0 Å². The van der Waals surface area contributed by atoms with Crippen LogP contribution in [-0.4, -0.2) is 6.54 Å². The zero-order chi connectivity index (χ0) is 14.9. The molecule has 1 aromatic heterocycles. The van der Waals surface area contributed by atoms with Gasteiger partial charge in [-0.05, 0) is 43.4 Å². The number of furan rings is 1. The summed E-state index contributed by atoms with van der Waals surface area (Å²) in [6, 6.07) is 13.3. The van der Waals surface area contributed by atoms with E-state index in [1.165, 1.54) is 23.3 Å². The minimum absolute atomic E-state index is 0.307. The maximum Gasteiger partial charge on any atom is 0.109 e. The number of hydrogen-bond acceptors (Lipinski definition) is 2. The Morgan fingerprint density at radius 1 is 1.24 bits per heavy atom. The highest BCUT2D eigenvalue weighted by Gasteiger charge is 2.34. The van der Waals surface area contributed by atoms with Gasteiger partial charge >= 0.3 is 0 Å². The minimum Gasteiger partial charge on any atom is -0.466 e. The molecule has 1 heterocycles. The van der Waals surface area contributed by atoms with E-state index >= 15 is 0 Å². The molecule has 0 bridgehead atoms. The molecule has 0 saturated carbocycles. The lowest BCUT2D eigenvalue weighted by molar-refractivity contribution is 0.235. The third-order valence-corrected chi connectivity index (χ3v) is 4.38. The van der Waals surface area contributed by atoms with Gasteiger partial charge in [0.2, 0.25) is 0 Å². The average molecular weight is 283 g/mol. The van der Waals surface area contributed by atoms with Gasteiger partial charge in [-0.3, -0.25) is 0 Å². The lowest BCUT2D eigenvalue weighted by Gasteiger charge is -2.34. The lowest BCUT2D eigenvalue weighted by atomic mass is 9.74. The number of nitrogens with one attached hydrogen (secondary N) is 1. The lowest BCUT2D eigenvalue weighted by Crippen LogP contribution is -2.33. The van der Waals surface area contributed by atoms with Crippen molar-refractivity contribution in [3.05, 3.63) is 59.0 Å². The Morgan fingerprint density at radius 2 is 2.00 bits per heavy atom. The van der Waals surface area contributed by atoms with Gasteiger partial charge in [-0.2, -0.15) is 0 Å². The molecule has 2 aromatic rings. The van der Waals surface area contributed by atoms with Crippen molar-refractivity contribution < 1.29 is 4.42 Å². The van der Waals surface area contributed by atoms with Gasteiger partial charge < -0.3 is 9.73 Å². The van der Waals surface area contributed by atoms with Crippen LogP contribution in [0.25, 0.3) is 0 Å². The SMILES string of the molecule is Cc1cc2c(o1)CC(C)(C)CC2NCCc1ccccc1. The second-order valence-corrected chi connectivity index (χ2v) is 7.02. The first kappa shape index (κ1) is 14.4. The fourth-order valence-corrected chi connectivity index (χ4v) is 3.40. The Kier molecular flexibility index (Phi) is 3.90. The molecule has 1 atom stereocenters. The van der Waals surface area contributed by atoms with Gasteiger partial charge in [-0.15, -0.1) is 0 Å². The van der Waals surface area contributed by atoms with E-state index in [0.29, 0.717) is 11.5 Å². The molecule has 1 unspecified atom stereocenters. The molecule has 2 heteroatoms. The van der Waals surface area contributed by atoms with Crippen molar-refractivity contribution in [2.75, 3.05) is 6.54 Å². The minimum atomic E-state index is 0.307. The molecule has 1 aliphatic rings. The largest absolute Gasteiger partial charge is 0.466 e. The Balaban J connectivity index is 1.67. The summed E-state index contributed by atoms with van der Waals surface area (Å²) < 4.78 is 5.90. The fourth-order valence-electron chi connectivity index (χ4n) is 3.40. The number of hydrogen-bond donors (Lipinski definition) is 1. The normalized spacial score (nSPS) is 20.2. The van der Waals surface area contributed by atoms with Crippen LogP contribution in [-0.2, 0) is 12.8 Å². The zero-order valence-electron chi connectivity index (χ0n) is 13.3. The molecular formula is C19H25NO. The van der Waals surface area contributed by atoms with Gasteiger partial charge in [0, 0.05) is 18.0 Å². The first-order valence-corrected chi connectivity index (χ1v) is 7.90. The monoisotopic (exact) mass is 283 g/mol. The molecule has 0 saturated heterocycles. The van der Waals surface area contributed by atoms with E-state index < -0.39 is 0 Å². The number of fused-ring (bicyclic) bond motifs is 1. The van der Waals surface area contributed by atoms with Crippen molar-refractivity contribution in [1.82, 2.24) is 5.32 Å². The molecule has 3 rings (SSSR count). The molecule has 0 aliphatic heterocycles. The van der Waals surface area contributed by atoms with Crippen LogP contribution < -0.4 is 5.32 Å². The van der Waals surface area contributed by atoms with E-state index in [0.717, 1.165) is 25.1 Å². The highest BCUT2D eigenvalue weighted by molar-refractivity contribution is 5.29. The van der Waals surface area contributed by atoms with Crippen molar-refractivity contribution in [2.24, 2.45) is 5.41 Å². The maximum absolute atomic E-state index is 5.90. The van der Waals surface area contributed by atoms with Crippen LogP contribution in [0.2, 0.25) is 0 Å². The first-order valence-electron chi connectivity index (χ1n) is 7.90. The number of rotatable bonds is 4. The van der Waals surface area contributed by atoms with Crippen LogP contribution in [0, 0.1) is 12.3 Å². The third kappa shape index (κ3) is 3.38. The summed E-state index contributed by atoms with van der Waals surface area (Å²) in [4.78, 5) is 0. The Bertz CT molecular complexity index is 597. The molecule has 1 N–H and O–H groups in total. The Labute approximate surface area is 127 Å². The molecule has 0 amide bonds. The maximum atomic E-state index is 5.90. The molecule has 0 fully saturated rings. The van der Waals surface area contributed by atoms with E-state index in [1.54, 1.807) is 0 Å². The standard InChI is InChI=1S/C19H25NO/c1-14-11-16-17(12-19(2,3)13-18(16)21-14)20-10-9-15-7-5-4-6-8-15/h4-8,11,17,20H,9-10,12-13H2,1-3H3. The predicted molar refractivity (Wildman–Crippen MR) is 86.4 cm³/mol. The summed E-state index contributed by atoms with van der Waals surface area (Å²) in [6.45, 7) is 7.72. The second-order valence-electron chi connectivity index (χ2n) is 7.02. The van der Waals surface area contributed by atoms with Crippen LogP contribution in [0.5, 0.6) is 0 Å². The Hall–Kier alpha value is -1.54. The van der Waals surface area contributed by atoms with Crippen molar-refractivity contribution in [2.45, 2.75) is 46.1 Å². The van der Waals surface area contributed by atoms with Crippen molar-refractivity contribution in [1.29, 1.82) is 0 Å². The topological polar surface area (TPSA) is 25.2 Å². The average Bonchev–Trinajstić information content (AvgIpc) is 2.79. The summed E-state index contributed by atoms with van der Waals surface area (Å²) in [5.41, 5.74) is 3.07. The van der Waals surface area contributed by atoms with E-state index in [9.17, 15) is 0 Å². The summed E-state index contributed by atoms with van der Waals surface area (Å²) >= 11 is 0. The molecule has 0 radical (unpaired) electrons. The van der Waals surface area contributed by atoms with Crippen LogP contribution in [0.3, 0.4) is 0 Å². The van der Waals surface area contributed by atoms with Crippen LogP contribution in [0.1, 0.15) is 49.0 Å². The van der Waals surface area contributed by atoms with E-state index in [-0.39, 0.29) is 0 Å². The van der Waals surface area contributed by atoms with Crippen LogP contribution in [0.4, 0.5) is 0 Å². The van der Waals surface area contributed by atoms with Crippen LogP contribution >= 0.6 is 0 Å². The fraction of sp³-hybridized carbons (Fsp3) is 0.474. The number of benzene rings is 1. The summed E-state index contributed by atoms with van der Waals surface area (Å²) in [7, 11) is 0. The smallest absolute Gasteiger partial charge is 0.109 e. The van der Waals surface area contributed by atoms with E-state index in [2.05, 4.69) is 55.6 Å². The molecule has 1 aromatic carbocycles. The molecule has 1 aliphatic carbocycles. The molecule has 2 nitrogen and oxygen atoms in total. The highest BCUT2D eigenvalue weighted by Crippen LogP contribution is 2.41. The van der Waals surface area contributed by atoms with Gasteiger partial charge in [0.05, 0.1) is 0 Å². The van der Waals surface area contributed by atoms with E-state index in [4.69, 9.17) is 4.42 Å². The summed E-state index contributed by atoms with van der Waals surface area (Å²) in [5, 5.41) is 3.74. The predicted octanol–water partition coefficient (Wildman–Crippen LogP) is 4.43. The quantitative estimate of drug-likeness (QED) is 0.897. The molecular weight excluding hydrogens is 258 g/mol. The van der Waals surface area contributed by atoms with Crippen molar-refractivity contribution in [3.8, 4) is 0 Å². The Morgan fingerprint density at radius 3 is 2.76 bits per heavy atom. The molecule has 21 heavy (non-hydrogen) atoms. The van der Waals surface area contributed by atoms with Crippen LogP contribution in [0.15, 0.2) is 40.8 Å². The van der Waals surface area contributed by atoms with Gasteiger partial charge in [-0.25, -0.2) is 0 Å². The molecule has 112 valence electrons. The van der Waals surface area contributed by atoms with Gasteiger partial charge in [0.1, 0.15) is 11.5 Å². The van der Waals surface area contributed by atoms with Gasteiger partial charge in [-0.1, -0.05) is 44.2 Å². The van der Waals surface area contributed by atoms with Crippen molar-refractivity contribution >= 4 is 0 Å². The zero-order valence-corrected chi connectivity index (χ0v) is 13.3. The van der Waals surface area contributed by atoms with Gasteiger partial charge in [0.25, 0.3) is 0 Å². The van der Waals surface area contributed by atoms with Gasteiger partial charge in [0.15, 0.2) is 0 Å². The first-order chi connectivity index (χ1) is 10.0. The van der Waals surface area contributed by atoms with E-state index in [1.807, 2.05) is 6.92 Å². The number of aryl methyl sites for hydroxylation is 1. The summed E-state index contributed by atoms with van der Waals surface area (Å²) in [6.07, 6.45) is 3.30. The highest BCUT2D eigenvalue weighted by atomic mass is 16.3. The summed E-state index contributed by atoms with van der Waals surface area (Å²) in [5.74, 6) is 2.22. The third-order valence-electron chi connectivity index (χ3n) is 4.38. The molecule has 0 spiro atoms. The second kappa shape index (κ2) is 5.69.